The molecule has 1 rings (SSSR count). The fourth-order valence-electron chi connectivity index (χ4n) is 0.917. The van der Waals surface area contributed by atoms with E-state index in [0.29, 0.717) is 6.07 Å². The van der Waals surface area contributed by atoms with Gasteiger partial charge in [-0.25, -0.2) is 8.78 Å². The molecule has 0 heterocycles. The molecular weight excluding hydrogens is 246 g/mol. The third-order valence-electron chi connectivity index (χ3n) is 1.49. The van der Waals surface area contributed by atoms with Crippen LogP contribution < -0.4 is 0 Å². The second-order valence-corrected chi connectivity index (χ2v) is 3.23. The highest BCUT2D eigenvalue weighted by Gasteiger charge is 2.19. The lowest BCUT2D eigenvalue weighted by molar-refractivity contribution is 0.101. The summed E-state index contributed by atoms with van der Waals surface area (Å²) in [5.41, 5.74) is -0.506. The number of halogens is 3. The van der Waals surface area contributed by atoms with Crippen LogP contribution in [0.4, 0.5) is 8.78 Å². The van der Waals surface area contributed by atoms with Gasteiger partial charge in [0.1, 0.15) is 11.6 Å². The lowest BCUT2D eigenvalue weighted by Crippen LogP contribution is -2.00. The standard InChI is InChI=1S/C8H5BrF2O2/c1-3(12)6-5(13)2-4(10)7(9)8(6)11/h2,13H,1H3. The number of aromatic hydroxyl groups is 1. The fraction of sp³-hybridized carbons (Fsp3) is 0.125. The van der Waals surface area contributed by atoms with Gasteiger partial charge in [-0.1, -0.05) is 0 Å². The predicted molar refractivity (Wildman–Crippen MR) is 45.7 cm³/mol. The minimum absolute atomic E-state index is 0.449. The summed E-state index contributed by atoms with van der Waals surface area (Å²) in [4.78, 5) is 10.8. The van der Waals surface area contributed by atoms with Gasteiger partial charge in [0.05, 0.1) is 10.0 Å². The second-order valence-electron chi connectivity index (χ2n) is 2.44. The van der Waals surface area contributed by atoms with E-state index in [-0.39, 0.29) is 0 Å². The van der Waals surface area contributed by atoms with Crippen molar-refractivity contribution in [3.63, 3.8) is 0 Å². The minimum Gasteiger partial charge on any atom is -0.507 e. The Morgan fingerprint density at radius 3 is 2.54 bits per heavy atom. The predicted octanol–water partition coefficient (Wildman–Crippen LogP) is 2.64. The van der Waals surface area contributed by atoms with Crippen LogP contribution in [0.2, 0.25) is 0 Å². The zero-order valence-electron chi connectivity index (χ0n) is 6.57. The number of ketones is 1. The zero-order chi connectivity index (χ0) is 10.2. The van der Waals surface area contributed by atoms with Crippen LogP contribution in [0.1, 0.15) is 17.3 Å². The first kappa shape index (κ1) is 10.1. The third-order valence-corrected chi connectivity index (χ3v) is 2.22. The monoisotopic (exact) mass is 250 g/mol. The first-order valence-corrected chi connectivity index (χ1v) is 4.12. The van der Waals surface area contributed by atoms with Crippen LogP contribution >= 0.6 is 15.9 Å². The van der Waals surface area contributed by atoms with Crippen LogP contribution in [-0.4, -0.2) is 10.9 Å². The van der Waals surface area contributed by atoms with E-state index >= 15 is 0 Å². The van der Waals surface area contributed by atoms with E-state index in [4.69, 9.17) is 5.11 Å². The maximum atomic E-state index is 13.1. The molecule has 0 aliphatic carbocycles. The van der Waals surface area contributed by atoms with Gasteiger partial charge < -0.3 is 5.11 Å². The van der Waals surface area contributed by atoms with Gasteiger partial charge in [-0.3, -0.25) is 4.79 Å². The summed E-state index contributed by atoms with van der Waals surface area (Å²) in [6, 6.07) is 0.684. The van der Waals surface area contributed by atoms with E-state index in [9.17, 15) is 13.6 Å². The Balaban J connectivity index is 3.53. The summed E-state index contributed by atoms with van der Waals surface area (Å²) in [7, 11) is 0. The number of phenolic OH excluding ortho intramolecular Hbond substituents is 1. The van der Waals surface area contributed by atoms with E-state index in [0.717, 1.165) is 6.92 Å². The lowest BCUT2D eigenvalue weighted by atomic mass is 10.1. The van der Waals surface area contributed by atoms with Crippen molar-refractivity contribution in [1.82, 2.24) is 0 Å². The molecule has 0 saturated heterocycles. The molecule has 0 radical (unpaired) electrons. The van der Waals surface area contributed by atoms with Crippen LogP contribution in [0.3, 0.4) is 0 Å². The minimum atomic E-state index is -1.08. The maximum absolute atomic E-state index is 13.1. The highest BCUT2D eigenvalue weighted by atomic mass is 79.9. The number of Topliss-reactive ketones (excluding diaryl/α,β-unsaturated/α-hetero) is 1. The van der Waals surface area contributed by atoms with Gasteiger partial charge in [0.2, 0.25) is 0 Å². The average molecular weight is 251 g/mol. The molecule has 0 fully saturated rings. The van der Waals surface area contributed by atoms with Crippen molar-refractivity contribution in [2.45, 2.75) is 6.92 Å². The maximum Gasteiger partial charge on any atom is 0.166 e. The van der Waals surface area contributed by atoms with E-state index in [1.165, 1.54) is 0 Å². The zero-order valence-corrected chi connectivity index (χ0v) is 8.15. The molecule has 0 unspecified atom stereocenters. The Morgan fingerprint density at radius 2 is 2.08 bits per heavy atom. The highest BCUT2D eigenvalue weighted by molar-refractivity contribution is 9.10. The van der Waals surface area contributed by atoms with Crippen LogP contribution in [0, 0.1) is 11.6 Å². The van der Waals surface area contributed by atoms with Crippen molar-refractivity contribution < 1.29 is 18.7 Å². The third kappa shape index (κ3) is 1.70. The molecule has 0 aliphatic heterocycles. The first-order valence-electron chi connectivity index (χ1n) is 3.32. The molecule has 0 bridgehead atoms. The average Bonchev–Trinajstić information content (AvgIpc) is 1.99. The molecule has 5 heteroatoms. The molecule has 0 aromatic heterocycles. The largest absolute Gasteiger partial charge is 0.507 e. The topological polar surface area (TPSA) is 37.3 Å². The number of hydrogen-bond acceptors (Lipinski definition) is 2. The summed E-state index contributed by atoms with van der Waals surface area (Å²) in [5, 5.41) is 9.05. The molecule has 0 spiro atoms. The number of benzene rings is 1. The fourth-order valence-corrected chi connectivity index (χ4v) is 1.23. The summed E-state index contributed by atoms with van der Waals surface area (Å²) < 4.78 is 25.4. The molecule has 13 heavy (non-hydrogen) atoms. The number of hydrogen-bond donors (Lipinski definition) is 1. The van der Waals surface area contributed by atoms with Crippen molar-refractivity contribution in [1.29, 1.82) is 0 Å². The SMILES string of the molecule is CC(=O)c1c(O)cc(F)c(Br)c1F. The molecule has 70 valence electrons. The molecule has 2 nitrogen and oxygen atoms in total. The smallest absolute Gasteiger partial charge is 0.166 e. The summed E-state index contributed by atoms with van der Waals surface area (Å²) in [6.45, 7) is 1.09. The Morgan fingerprint density at radius 1 is 1.54 bits per heavy atom. The van der Waals surface area contributed by atoms with E-state index < -0.39 is 33.2 Å². The quantitative estimate of drug-likeness (QED) is 0.615. The number of phenols is 1. The molecular formula is C8H5BrF2O2. The van der Waals surface area contributed by atoms with Crippen LogP contribution in [0.15, 0.2) is 10.5 Å². The number of carbonyl (C=O) groups excluding carboxylic acids is 1. The van der Waals surface area contributed by atoms with Gasteiger partial charge in [-0.2, -0.15) is 0 Å². The van der Waals surface area contributed by atoms with E-state index in [1.807, 2.05) is 0 Å². The molecule has 1 N–H and O–H groups in total. The molecule has 1 aromatic rings. The van der Waals surface area contributed by atoms with Gasteiger partial charge in [-0.15, -0.1) is 0 Å². The van der Waals surface area contributed by atoms with Crippen molar-refractivity contribution in [3.05, 3.63) is 27.7 Å². The Bertz CT molecular complexity index is 377. The Labute approximate surface area is 81.3 Å². The van der Waals surface area contributed by atoms with Crippen LogP contribution in [-0.2, 0) is 0 Å². The van der Waals surface area contributed by atoms with Crippen molar-refractivity contribution in [2.75, 3.05) is 0 Å². The molecule has 0 atom stereocenters. The molecule has 0 saturated carbocycles. The normalized spacial score (nSPS) is 10.2. The first-order chi connectivity index (χ1) is 5.95. The van der Waals surface area contributed by atoms with Gasteiger partial charge in [0, 0.05) is 6.07 Å². The van der Waals surface area contributed by atoms with Gasteiger partial charge >= 0.3 is 0 Å². The summed E-state index contributed by atoms with van der Waals surface area (Å²) in [5.74, 6) is -3.37. The highest BCUT2D eigenvalue weighted by Crippen LogP contribution is 2.29. The number of rotatable bonds is 1. The molecule has 0 amide bonds. The van der Waals surface area contributed by atoms with Gasteiger partial charge in [-0.05, 0) is 22.9 Å². The van der Waals surface area contributed by atoms with Crippen LogP contribution in [0.5, 0.6) is 5.75 Å². The number of carbonyl (C=O) groups is 1. The van der Waals surface area contributed by atoms with E-state index in [2.05, 4.69) is 15.9 Å². The Kier molecular flexibility index (Phi) is 2.66. The van der Waals surface area contributed by atoms with Gasteiger partial charge in [0.15, 0.2) is 11.6 Å². The van der Waals surface area contributed by atoms with Crippen LogP contribution in [0.25, 0.3) is 0 Å². The summed E-state index contributed by atoms with van der Waals surface area (Å²) in [6.07, 6.45) is 0. The molecule has 0 aliphatic rings. The second kappa shape index (κ2) is 3.41. The van der Waals surface area contributed by atoms with Crippen molar-refractivity contribution >= 4 is 21.7 Å². The van der Waals surface area contributed by atoms with Crippen molar-refractivity contribution in [2.24, 2.45) is 0 Å². The lowest BCUT2D eigenvalue weighted by Gasteiger charge is -2.04. The van der Waals surface area contributed by atoms with Crippen molar-refractivity contribution in [3.8, 4) is 5.75 Å². The van der Waals surface area contributed by atoms with Gasteiger partial charge in [0.25, 0.3) is 0 Å². The van der Waals surface area contributed by atoms with E-state index in [1.54, 1.807) is 0 Å². The summed E-state index contributed by atoms with van der Waals surface area (Å²) >= 11 is 2.62. The Hall–Kier alpha value is -0.970. The molecule has 1 aromatic carbocycles.